The molecule has 30 heavy (non-hydrogen) atoms. The van der Waals surface area contributed by atoms with Gasteiger partial charge in [-0.25, -0.2) is 4.98 Å². The number of ether oxygens (including phenoxy) is 1. The number of benzene rings is 3. The maximum Gasteiger partial charge on any atom is 0.267 e. The summed E-state index contributed by atoms with van der Waals surface area (Å²) in [7, 11) is 0. The van der Waals surface area contributed by atoms with Crippen LogP contribution in [-0.2, 0) is 13.0 Å². The molecule has 0 aliphatic rings. The van der Waals surface area contributed by atoms with Gasteiger partial charge < -0.3 is 15.8 Å². The van der Waals surface area contributed by atoms with Crippen molar-refractivity contribution >= 4 is 16.7 Å². The fraction of sp³-hybridized carbons (Fsp3) is 0.120. The van der Waals surface area contributed by atoms with Crippen LogP contribution < -0.4 is 15.8 Å². The Morgan fingerprint density at radius 2 is 1.60 bits per heavy atom. The van der Waals surface area contributed by atoms with E-state index in [1.54, 1.807) is 12.1 Å². The number of rotatable bonds is 8. The van der Waals surface area contributed by atoms with Crippen molar-refractivity contribution in [3.63, 3.8) is 0 Å². The molecule has 150 valence electrons. The number of quaternary nitrogens is 1. The van der Waals surface area contributed by atoms with Crippen molar-refractivity contribution in [2.24, 2.45) is 5.73 Å². The zero-order valence-electron chi connectivity index (χ0n) is 16.6. The van der Waals surface area contributed by atoms with Crippen molar-refractivity contribution in [2.45, 2.75) is 13.0 Å². The number of nitrogens with zero attached hydrogens (tertiary/aromatic N) is 1. The molecule has 1 amide bonds. The Kier molecular flexibility index (Phi) is 6.01. The van der Waals surface area contributed by atoms with Gasteiger partial charge in [0.2, 0.25) is 0 Å². The van der Waals surface area contributed by atoms with E-state index in [0.29, 0.717) is 5.75 Å². The SMILES string of the molecule is NC(=O)c1ccc(Oc2ccc(C[NH2+]CCc3ccc4ccccc4c3)cc2)cn1. The van der Waals surface area contributed by atoms with E-state index in [9.17, 15) is 4.79 Å². The molecule has 0 bridgehead atoms. The summed E-state index contributed by atoms with van der Waals surface area (Å²) in [6.07, 6.45) is 2.54. The molecule has 1 heterocycles. The van der Waals surface area contributed by atoms with Gasteiger partial charge in [0.15, 0.2) is 0 Å². The number of amides is 1. The van der Waals surface area contributed by atoms with Gasteiger partial charge in [0, 0.05) is 12.0 Å². The predicted octanol–water partition coefficient (Wildman–Crippen LogP) is 3.43. The molecule has 0 saturated carbocycles. The van der Waals surface area contributed by atoms with E-state index < -0.39 is 5.91 Å². The number of aromatic nitrogens is 1. The normalized spacial score (nSPS) is 10.8. The fourth-order valence-electron chi connectivity index (χ4n) is 3.35. The summed E-state index contributed by atoms with van der Waals surface area (Å²) in [6.45, 7) is 1.96. The minimum absolute atomic E-state index is 0.219. The number of pyridine rings is 1. The Bertz CT molecular complexity index is 1140. The highest BCUT2D eigenvalue weighted by Gasteiger charge is 2.04. The van der Waals surface area contributed by atoms with Crippen LogP contribution in [-0.4, -0.2) is 17.4 Å². The van der Waals surface area contributed by atoms with E-state index in [-0.39, 0.29) is 5.69 Å². The zero-order valence-corrected chi connectivity index (χ0v) is 16.6. The number of hydrogen-bond donors (Lipinski definition) is 2. The van der Waals surface area contributed by atoms with E-state index in [1.165, 1.54) is 28.1 Å². The number of carbonyl (C=O) groups is 1. The molecule has 3 aromatic carbocycles. The van der Waals surface area contributed by atoms with Gasteiger partial charge in [0.25, 0.3) is 5.91 Å². The molecule has 0 unspecified atom stereocenters. The Balaban J connectivity index is 1.25. The molecular weight excluding hydrogens is 374 g/mol. The first-order valence-corrected chi connectivity index (χ1v) is 9.99. The standard InChI is InChI=1S/C25H23N3O2/c26-25(29)24-12-11-23(17-28-24)30-22-9-6-19(7-10-22)16-27-14-13-18-5-8-20-3-1-2-4-21(20)15-18/h1-12,15,17,27H,13-14,16H2,(H2,26,29)/p+1. The van der Waals surface area contributed by atoms with Gasteiger partial charge in [0.1, 0.15) is 23.7 Å². The van der Waals surface area contributed by atoms with Crippen LogP contribution in [0.5, 0.6) is 11.5 Å². The summed E-state index contributed by atoms with van der Waals surface area (Å²) in [5.41, 5.74) is 8.02. The van der Waals surface area contributed by atoms with Crippen LogP contribution in [0.25, 0.3) is 10.8 Å². The number of fused-ring (bicyclic) bond motifs is 1. The Morgan fingerprint density at radius 3 is 2.33 bits per heavy atom. The summed E-state index contributed by atoms with van der Waals surface area (Å²) in [5.74, 6) is 0.737. The van der Waals surface area contributed by atoms with Gasteiger partial charge in [0.05, 0.1) is 12.7 Å². The smallest absolute Gasteiger partial charge is 0.267 e. The summed E-state index contributed by atoms with van der Waals surface area (Å²) in [4.78, 5) is 15.0. The summed E-state index contributed by atoms with van der Waals surface area (Å²) < 4.78 is 5.76. The Labute approximate surface area is 175 Å². The van der Waals surface area contributed by atoms with Crippen molar-refractivity contribution in [2.75, 3.05) is 6.54 Å². The summed E-state index contributed by atoms with van der Waals surface area (Å²) >= 11 is 0. The largest absolute Gasteiger partial charge is 0.456 e. The molecule has 0 saturated heterocycles. The molecule has 4 rings (SSSR count). The highest BCUT2D eigenvalue weighted by Crippen LogP contribution is 2.21. The van der Waals surface area contributed by atoms with Crippen molar-refractivity contribution in [3.05, 3.63) is 102 Å². The quantitative estimate of drug-likeness (QED) is 0.446. The molecular formula is C25H24N3O2+. The molecule has 0 spiro atoms. The van der Waals surface area contributed by atoms with Crippen molar-refractivity contribution in [1.82, 2.24) is 4.98 Å². The van der Waals surface area contributed by atoms with Crippen LogP contribution in [0.2, 0.25) is 0 Å². The highest BCUT2D eigenvalue weighted by atomic mass is 16.5. The molecule has 5 nitrogen and oxygen atoms in total. The van der Waals surface area contributed by atoms with Crippen LogP contribution in [0.15, 0.2) is 85.1 Å². The monoisotopic (exact) mass is 398 g/mol. The first kappa shape index (κ1) is 19.6. The Hall–Kier alpha value is -3.70. The minimum Gasteiger partial charge on any atom is -0.456 e. The fourth-order valence-corrected chi connectivity index (χ4v) is 3.35. The third-order valence-electron chi connectivity index (χ3n) is 4.98. The van der Waals surface area contributed by atoms with Gasteiger partial charge in [-0.05, 0) is 52.7 Å². The molecule has 1 aromatic heterocycles. The molecule has 0 atom stereocenters. The first-order chi connectivity index (χ1) is 14.7. The van der Waals surface area contributed by atoms with E-state index in [1.807, 2.05) is 12.1 Å². The first-order valence-electron chi connectivity index (χ1n) is 9.99. The topological polar surface area (TPSA) is 81.8 Å². The Morgan fingerprint density at radius 1 is 0.867 bits per heavy atom. The van der Waals surface area contributed by atoms with Gasteiger partial charge in [-0.2, -0.15) is 0 Å². The summed E-state index contributed by atoms with van der Waals surface area (Å²) in [5, 5.41) is 4.90. The van der Waals surface area contributed by atoms with Gasteiger partial charge >= 0.3 is 0 Å². The predicted molar refractivity (Wildman–Crippen MR) is 117 cm³/mol. The maximum absolute atomic E-state index is 11.1. The van der Waals surface area contributed by atoms with E-state index in [4.69, 9.17) is 10.5 Å². The third-order valence-corrected chi connectivity index (χ3v) is 4.98. The molecule has 0 aliphatic heterocycles. The van der Waals surface area contributed by atoms with Gasteiger partial charge in [-0.15, -0.1) is 0 Å². The minimum atomic E-state index is -0.553. The lowest BCUT2D eigenvalue weighted by Crippen LogP contribution is -2.83. The van der Waals surface area contributed by atoms with Crippen LogP contribution in [0.4, 0.5) is 0 Å². The average molecular weight is 398 g/mol. The van der Waals surface area contributed by atoms with Crippen LogP contribution in [0, 0.1) is 0 Å². The second kappa shape index (κ2) is 9.20. The lowest BCUT2D eigenvalue weighted by Gasteiger charge is -2.07. The van der Waals surface area contributed by atoms with Gasteiger partial charge in [-0.1, -0.05) is 42.5 Å². The second-order valence-electron chi connectivity index (χ2n) is 7.20. The lowest BCUT2D eigenvalue weighted by atomic mass is 10.1. The third kappa shape index (κ3) is 5.01. The van der Waals surface area contributed by atoms with Crippen molar-refractivity contribution < 1.29 is 14.8 Å². The molecule has 5 heteroatoms. The second-order valence-corrected chi connectivity index (χ2v) is 7.20. The lowest BCUT2D eigenvalue weighted by molar-refractivity contribution is -0.670. The number of hydrogen-bond acceptors (Lipinski definition) is 3. The summed E-state index contributed by atoms with van der Waals surface area (Å²) in [6, 6.07) is 26.4. The van der Waals surface area contributed by atoms with Crippen LogP contribution in [0.1, 0.15) is 21.6 Å². The van der Waals surface area contributed by atoms with E-state index >= 15 is 0 Å². The zero-order chi connectivity index (χ0) is 20.8. The van der Waals surface area contributed by atoms with Crippen LogP contribution in [0.3, 0.4) is 0 Å². The van der Waals surface area contributed by atoms with Crippen molar-refractivity contribution in [1.29, 1.82) is 0 Å². The number of carbonyl (C=O) groups excluding carboxylic acids is 1. The molecule has 0 aliphatic carbocycles. The van der Waals surface area contributed by atoms with E-state index in [2.05, 4.69) is 64.9 Å². The van der Waals surface area contributed by atoms with Crippen molar-refractivity contribution in [3.8, 4) is 11.5 Å². The molecule has 0 radical (unpaired) electrons. The molecule has 4 aromatic rings. The number of nitrogens with two attached hydrogens (primary N) is 2. The number of primary amides is 1. The van der Waals surface area contributed by atoms with Crippen LogP contribution >= 0.6 is 0 Å². The maximum atomic E-state index is 11.1. The average Bonchev–Trinajstić information content (AvgIpc) is 2.78. The van der Waals surface area contributed by atoms with E-state index in [0.717, 1.165) is 25.3 Å². The molecule has 4 N–H and O–H groups in total. The molecule has 0 fully saturated rings. The van der Waals surface area contributed by atoms with Gasteiger partial charge in [-0.3, -0.25) is 4.79 Å². The highest BCUT2D eigenvalue weighted by molar-refractivity contribution is 5.90.